The molecule has 12 heteroatoms. The molecule has 0 saturated heterocycles. The van der Waals surface area contributed by atoms with Gasteiger partial charge in [0.25, 0.3) is 8.32 Å². The van der Waals surface area contributed by atoms with Gasteiger partial charge in [-0.2, -0.15) is 0 Å². The van der Waals surface area contributed by atoms with Crippen LogP contribution < -0.4 is 21.0 Å². The number of phosphoric acid groups is 1. The normalized spacial score (nSPS) is 14.3. The lowest BCUT2D eigenvalue weighted by Crippen LogP contribution is -2.65. The standard InChI is InChI=1S/C42H51N2O8PSi/c1-5-29-51-53(47,50-6-2)52-31-39(44-41(46)49-30-38-36-25-15-13-23-34(36)35-24-14-16-26-37(35)38)40(45)43-28-18-17-27-42(3,4)54(48,32-19-9-7-10-20-32)33-21-11-8-12-22-33/h5,7-16,19-26,38-39,48H,1,6,17-18,27-31H2,2-4H3,(H,43,45)(H,44,46). The van der Waals surface area contributed by atoms with Crippen molar-refractivity contribution >= 4 is 38.5 Å². The third-order valence-corrected chi connectivity index (χ3v) is 15.9. The van der Waals surface area contributed by atoms with E-state index in [0.29, 0.717) is 19.4 Å². The van der Waals surface area contributed by atoms with Crippen LogP contribution in [0.2, 0.25) is 5.04 Å². The Balaban J connectivity index is 1.22. The zero-order valence-electron chi connectivity index (χ0n) is 31.2. The topological polar surface area (TPSA) is 132 Å². The Morgan fingerprint density at radius 1 is 0.852 bits per heavy atom. The van der Waals surface area contributed by atoms with Crippen LogP contribution in [0, 0.1) is 0 Å². The predicted molar refractivity (Wildman–Crippen MR) is 214 cm³/mol. The second-order valence-electron chi connectivity index (χ2n) is 13.8. The molecule has 5 rings (SSSR count). The first-order valence-corrected chi connectivity index (χ1v) is 21.8. The third kappa shape index (κ3) is 9.65. The van der Waals surface area contributed by atoms with E-state index in [0.717, 1.165) is 39.0 Å². The molecule has 0 saturated carbocycles. The maximum atomic E-state index is 13.6. The van der Waals surface area contributed by atoms with Crippen LogP contribution in [0.5, 0.6) is 0 Å². The van der Waals surface area contributed by atoms with Gasteiger partial charge in [0.2, 0.25) is 5.91 Å². The van der Waals surface area contributed by atoms with Crippen LogP contribution in [0.1, 0.15) is 57.1 Å². The molecular weight excluding hydrogens is 720 g/mol. The van der Waals surface area contributed by atoms with Crippen molar-refractivity contribution in [3.8, 4) is 11.1 Å². The highest BCUT2D eigenvalue weighted by Crippen LogP contribution is 2.49. The maximum absolute atomic E-state index is 13.6. The number of benzene rings is 4. The van der Waals surface area contributed by atoms with E-state index < -0.39 is 45.8 Å². The summed E-state index contributed by atoms with van der Waals surface area (Å²) in [7, 11) is -7.24. The van der Waals surface area contributed by atoms with E-state index in [2.05, 4.69) is 31.1 Å². The van der Waals surface area contributed by atoms with Gasteiger partial charge in [-0.1, -0.05) is 136 Å². The molecule has 1 aliphatic rings. The molecule has 0 heterocycles. The van der Waals surface area contributed by atoms with Crippen molar-refractivity contribution in [1.29, 1.82) is 0 Å². The van der Waals surface area contributed by atoms with E-state index in [4.69, 9.17) is 18.3 Å². The molecule has 0 fully saturated rings. The molecule has 2 atom stereocenters. The van der Waals surface area contributed by atoms with Crippen LogP contribution in [-0.4, -0.2) is 64.1 Å². The molecule has 0 aromatic heterocycles. The first kappa shape index (κ1) is 40.8. The van der Waals surface area contributed by atoms with Gasteiger partial charge < -0.3 is 20.2 Å². The molecule has 10 nitrogen and oxygen atoms in total. The summed E-state index contributed by atoms with van der Waals surface area (Å²) in [6, 6.07) is 34.5. The SMILES string of the molecule is C=CCOP(=O)(OCC)OCC(NC(=O)OCC1c2ccccc2-c2ccccc21)C(=O)NCCCCC(C)(C)[Si](O)(c1ccccc1)c1ccccc1. The van der Waals surface area contributed by atoms with Crippen molar-refractivity contribution in [2.45, 2.75) is 57.0 Å². The lowest BCUT2D eigenvalue weighted by molar-refractivity contribution is -0.123. The van der Waals surface area contributed by atoms with E-state index in [1.165, 1.54) is 6.08 Å². The molecular formula is C42H51N2O8PSi. The average molecular weight is 771 g/mol. The summed E-state index contributed by atoms with van der Waals surface area (Å²) in [5.41, 5.74) is 4.29. The lowest BCUT2D eigenvalue weighted by atomic mass is 9.98. The number of unbranched alkanes of at least 4 members (excludes halogenated alkanes) is 1. The molecule has 0 bridgehead atoms. The molecule has 1 aliphatic carbocycles. The van der Waals surface area contributed by atoms with Crippen molar-refractivity contribution in [3.63, 3.8) is 0 Å². The number of amides is 2. The molecule has 4 aromatic rings. The zero-order valence-corrected chi connectivity index (χ0v) is 33.1. The fourth-order valence-electron chi connectivity index (χ4n) is 7.06. The smallest absolute Gasteiger partial charge is 0.449 e. The first-order chi connectivity index (χ1) is 26.0. The summed E-state index contributed by atoms with van der Waals surface area (Å²) < 4.78 is 34.9. The van der Waals surface area contributed by atoms with Crippen LogP contribution >= 0.6 is 7.82 Å². The van der Waals surface area contributed by atoms with Crippen molar-refractivity contribution in [2.24, 2.45) is 0 Å². The summed E-state index contributed by atoms with van der Waals surface area (Å²) in [5.74, 6) is -0.722. The largest absolute Gasteiger partial charge is 0.475 e. The van der Waals surface area contributed by atoms with Gasteiger partial charge in [-0.05, 0) is 57.4 Å². The monoisotopic (exact) mass is 770 g/mol. The molecule has 0 aliphatic heterocycles. The maximum Gasteiger partial charge on any atom is 0.475 e. The number of fused-ring (bicyclic) bond motifs is 3. The second-order valence-corrected chi connectivity index (χ2v) is 19.4. The highest BCUT2D eigenvalue weighted by molar-refractivity contribution is 7.48. The lowest BCUT2D eigenvalue weighted by Gasteiger charge is -2.41. The minimum absolute atomic E-state index is 0.0357. The second kappa shape index (κ2) is 18.8. The van der Waals surface area contributed by atoms with Crippen molar-refractivity contribution < 1.29 is 37.3 Å². The fourth-order valence-corrected chi connectivity index (χ4v) is 12.0. The number of rotatable bonds is 20. The van der Waals surface area contributed by atoms with Gasteiger partial charge in [0, 0.05) is 12.5 Å². The summed E-state index contributed by atoms with van der Waals surface area (Å²) in [6.07, 6.45) is 2.61. The van der Waals surface area contributed by atoms with E-state index in [1.807, 2.05) is 109 Å². The van der Waals surface area contributed by atoms with Crippen molar-refractivity contribution in [2.75, 3.05) is 33.0 Å². The van der Waals surface area contributed by atoms with Gasteiger partial charge >= 0.3 is 13.9 Å². The Kier molecular flexibility index (Phi) is 14.2. The number of nitrogens with one attached hydrogen (secondary N) is 2. The zero-order chi connectivity index (χ0) is 38.6. The van der Waals surface area contributed by atoms with E-state index in [9.17, 15) is 18.9 Å². The number of phosphoric ester groups is 1. The number of hydrogen-bond acceptors (Lipinski definition) is 8. The quantitative estimate of drug-likeness (QED) is 0.0376. The molecule has 0 radical (unpaired) electrons. The number of ether oxygens (including phenoxy) is 1. The first-order valence-electron chi connectivity index (χ1n) is 18.4. The molecule has 2 unspecified atom stereocenters. The number of hydrogen-bond donors (Lipinski definition) is 3. The fraction of sp³-hybridized carbons (Fsp3) is 0.333. The molecule has 2 amide bonds. The van der Waals surface area contributed by atoms with E-state index >= 15 is 0 Å². The minimum atomic E-state index is -4.06. The Morgan fingerprint density at radius 2 is 1.41 bits per heavy atom. The molecule has 286 valence electrons. The minimum Gasteiger partial charge on any atom is -0.449 e. The van der Waals surface area contributed by atoms with Crippen LogP contribution in [-0.2, 0) is 27.7 Å². The van der Waals surface area contributed by atoms with Crippen molar-refractivity contribution in [1.82, 2.24) is 10.6 Å². The molecule has 54 heavy (non-hydrogen) atoms. The summed E-state index contributed by atoms with van der Waals surface area (Å²) in [4.78, 5) is 39.3. The van der Waals surface area contributed by atoms with Gasteiger partial charge in [0.05, 0.1) is 19.8 Å². The highest BCUT2D eigenvalue weighted by Gasteiger charge is 2.49. The summed E-state index contributed by atoms with van der Waals surface area (Å²) in [6.45, 7) is 9.20. The van der Waals surface area contributed by atoms with Gasteiger partial charge in [-0.3, -0.25) is 18.4 Å². The van der Waals surface area contributed by atoms with Gasteiger partial charge in [0.1, 0.15) is 12.6 Å². The van der Waals surface area contributed by atoms with E-state index in [-0.39, 0.29) is 25.7 Å². The molecule has 3 N–H and O–H groups in total. The van der Waals surface area contributed by atoms with Gasteiger partial charge in [-0.25, -0.2) is 9.36 Å². The molecule has 4 aromatic carbocycles. The van der Waals surface area contributed by atoms with Crippen LogP contribution in [0.4, 0.5) is 4.79 Å². The Bertz CT molecular complexity index is 1820. The van der Waals surface area contributed by atoms with Crippen LogP contribution in [0.25, 0.3) is 11.1 Å². The predicted octanol–water partition coefficient (Wildman–Crippen LogP) is 7.08. The average Bonchev–Trinajstić information content (AvgIpc) is 3.51. The molecule has 0 spiro atoms. The third-order valence-electron chi connectivity index (χ3n) is 9.88. The van der Waals surface area contributed by atoms with Gasteiger partial charge in [0.15, 0.2) is 0 Å². The Labute approximate surface area is 319 Å². The van der Waals surface area contributed by atoms with Crippen LogP contribution in [0.3, 0.4) is 0 Å². The number of carbonyl (C=O) groups is 2. The van der Waals surface area contributed by atoms with Crippen molar-refractivity contribution in [3.05, 3.63) is 133 Å². The van der Waals surface area contributed by atoms with E-state index in [1.54, 1.807) is 6.92 Å². The number of alkyl carbamates (subject to hydrolysis) is 1. The summed E-state index contributed by atoms with van der Waals surface area (Å²) in [5, 5.41) is 6.93. The Hall–Kier alpha value is -4.35. The summed E-state index contributed by atoms with van der Waals surface area (Å²) >= 11 is 0. The van der Waals surface area contributed by atoms with Gasteiger partial charge in [-0.15, -0.1) is 6.58 Å². The highest BCUT2D eigenvalue weighted by atomic mass is 31.2. The van der Waals surface area contributed by atoms with Crippen LogP contribution in [0.15, 0.2) is 122 Å². The number of carbonyl (C=O) groups excluding carboxylic acids is 2. The Morgan fingerprint density at radius 3 is 1.96 bits per heavy atom.